The van der Waals surface area contributed by atoms with Gasteiger partial charge in [0.15, 0.2) is 0 Å². The van der Waals surface area contributed by atoms with Crippen molar-refractivity contribution in [2.24, 2.45) is 0 Å². The normalized spacial score (nSPS) is 24.1. The minimum Gasteiger partial charge on any atom is -0.323 e. The number of piperidine rings is 1. The standard InChI is InChI=1S/C15H21ClN4O/c16-14-4-3-11(10-18-14)19-15(21)13-2-1-9-20(13)12-5-7-17-8-6-12/h3-4,10,12-13,17H,1-2,5-9H2,(H,19,21). The molecule has 114 valence electrons. The molecule has 1 amide bonds. The molecule has 6 heteroatoms. The van der Waals surface area contributed by atoms with Crippen molar-refractivity contribution < 1.29 is 4.79 Å². The second-order valence-corrected chi connectivity index (χ2v) is 6.12. The van der Waals surface area contributed by atoms with Gasteiger partial charge >= 0.3 is 0 Å². The Kier molecular flexibility index (Phi) is 4.73. The minimum absolute atomic E-state index is 0.0104. The molecule has 2 saturated heterocycles. The minimum atomic E-state index is -0.0104. The fourth-order valence-corrected chi connectivity index (χ4v) is 3.43. The van der Waals surface area contributed by atoms with Gasteiger partial charge in [0.2, 0.25) is 5.91 Å². The van der Waals surface area contributed by atoms with E-state index in [0.29, 0.717) is 16.9 Å². The van der Waals surface area contributed by atoms with Gasteiger partial charge in [-0.1, -0.05) is 11.6 Å². The highest BCUT2D eigenvalue weighted by molar-refractivity contribution is 6.29. The van der Waals surface area contributed by atoms with Crippen LogP contribution in [0.25, 0.3) is 0 Å². The Hall–Kier alpha value is -1.17. The van der Waals surface area contributed by atoms with Gasteiger partial charge in [-0.25, -0.2) is 4.98 Å². The Bertz CT molecular complexity index is 487. The van der Waals surface area contributed by atoms with Crippen LogP contribution < -0.4 is 10.6 Å². The van der Waals surface area contributed by atoms with Gasteiger partial charge in [0.1, 0.15) is 5.15 Å². The summed E-state index contributed by atoms with van der Waals surface area (Å²) in [6, 6.07) is 4.00. The van der Waals surface area contributed by atoms with Crippen molar-refractivity contribution in [2.45, 2.75) is 37.8 Å². The highest BCUT2D eigenvalue weighted by atomic mass is 35.5. The maximum Gasteiger partial charge on any atom is 0.241 e. The van der Waals surface area contributed by atoms with Gasteiger partial charge in [-0.15, -0.1) is 0 Å². The Morgan fingerprint density at radius 3 is 2.86 bits per heavy atom. The third-order valence-corrected chi connectivity index (χ3v) is 4.59. The summed E-state index contributed by atoms with van der Waals surface area (Å²) >= 11 is 5.76. The highest BCUT2D eigenvalue weighted by Crippen LogP contribution is 2.25. The molecule has 2 fully saturated rings. The van der Waals surface area contributed by atoms with Crippen LogP contribution in [0.5, 0.6) is 0 Å². The lowest BCUT2D eigenvalue weighted by Gasteiger charge is -2.35. The maximum absolute atomic E-state index is 12.5. The van der Waals surface area contributed by atoms with Gasteiger partial charge < -0.3 is 10.6 Å². The molecule has 5 nitrogen and oxygen atoms in total. The summed E-state index contributed by atoms with van der Waals surface area (Å²) in [6.07, 6.45) is 5.90. The van der Waals surface area contributed by atoms with E-state index in [4.69, 9.17) is 11.6 Å². The molecule has 0 aromatic carbocycles. The second kappa shape index (κ2) is 6.73. The fourth-order valence-electron chi connectivity index (χ4n) is 3.32. The van der Waals surface area contributed by atoms with Crippen LogP contribution >= 0.6 is 11.6 Å². The van der Waals surface area contributed by atoms with Crippen molar-refractivity contribution >= 4 is 23.2 Å². The number of aromatic nitrogens is 1. The molecule has 0 radical (unpaired) electrons. The largest absolute Gasteiger partial charge is 0.323 e. The van der Waals surface area contributed by atoms with E-state index >= 15 is 0 Å². The lowest BCUT2D eigenvalue weighted by molar-refractivity contribution is -0.121. The van der Waals surface area contributed by atoms with Crippen molar-refractivity contribution in [3.05, 3.63) is 23.5 Å². The van der Waals surface area contributed by atoms with E-state index in [9.17, 15) is 4.79 Å². The fraction of sp³-hybridized carbons (Fsp3) is 0.600. The Morgan fingerprint density at radius 2 is 2.14 bits per heavy atom. The summed E-state index contributed by atoms with van der Waals surface area (Å²) in [4.78, 5) is 18.9. The van der Waals surface area contributed by atoms with Crippen molar-refractivity contribution in [3.63, 3.8) is 0 Å². The number of nitrogens with one attached hydrogen (secondary N) is 2. The first-order chi connectivity index (χ1) is 10.2. The summed E-state index contributed by atoms with van der Waals surface area (Å²) in [5.41, 5.74) is 0.710. The molecule has 1 aromatic rings. The van der Waals surface area contributed by atoms with Gasteiger partial charge in [0, 0.05) is 6.04 Å². The molecule has 0 aliphatic carbocycles. The van der Waals surface area contributed by atoms with Crippen LogP contribution in [-0.2, 0) is 4.79 Å². The zero-order valence-electron chi connectivity index (χ0n) is 12.0. The average molecular weight is 309 g/mol. The number of halogens is 1. The maximum atomic E-state index is 12.5. The number of pyridine rings is 1. The molecule has 1 atom stereocenters. The summed E-state index contributed by atoms with van der Waals surface area (Å²) in [7, 11) is 0. The Labute approximate surface area is 130 Å². The molecule has 2 N–H and O–H groups in total. The van der Waals surface area contributed by atoms with E-state index in [-0.39, 0.29) is 11.9 Å². The van der Waals surface area contributed by atoms with Crippen molar-refractivity contribution in [1.29, 1.82) is 0 Å². The van der Waals surface area contributed by atoms with E-state index in [1.807, 2.05) is 0 Å². The SMILES string of the molecule is O=C(Nc1ccc(Cl)nc1)C1CCCN1C1CCNCC1. The third-order valence-electron chi connectivity index (χ3n) is 4.37. The van der Waals surface area contributed by atoms with Gasteiger partial charge in [0.25, 0.3) is 0 Å². The summed E-state index contributed by atoms with van der Waals surface area (Å²) in [6.45, 7) is 3.13. The van der Waals surface area contributed by atoms with Gasteiger partial charge in [0.05, 0.1) is 17.9 Å². The van der Waals surface area contributed by atoms with Crippen molar-refractivity contribution in [2.75, 3.05) is 25.0 Å². The molecule has 2 aliphatic heterocycles. The number of carbonyl (C=O) groups excluding carboxylic acids is 1. The van der Waals surface area contributed by atoms with Crippen molar-refractivity contribution in [1.82, 2.24) is 15.2 Å². The van der Waals surface area contributed by atoms with Crippen molar-refractivity contribution in [3.8, 4) is 0 Å². The van der Waals surface area contributed by atoms with Crippen LogP contribution in [-0.4, -0.2) is 47.5 Å². The molecular weight excluding hydrogens is 288 g/mol. The summed E-state index contributed by atoms with van der Waals surface area (Å²) < 4.78 is 0. The first-order valence-electron chi connectivity index (χ1n) is 7.63. The van der Waals surface area contributed by atoms with Crippen LogP contribution in [0.15, 0.2) is 18.3 Å². The molecule has 0 bridgehead atoms. The van der Waals surface area contributed by atoms with Gasteiger partial charge in [-0.3, -0.25) is 9.69 Å². The smallest absolute Gasteiger partial charge is 0.241 e. The number of nitrogens with zero attached hydrogens (tertiary/aromatic N) is 2. The quantitative estimate of drug-likeness (QED) is 0.837. The number of rotatable bonds is 3. The lowest BCUT2D eigenvalue weighted by atomic mass is 10.0. The monoisotopic (exact) mass is 308 g/mol. The van der Waals surface area contributed by atoms with Crippen LogP contribution in [0.2, 0.25) is 5.15 Å². The van der Waals surface area contributed by atoms with Crippen LogP contribution in [0.4, 0.5) is 5.69 Å². The zero-order chi connectivity index (χ0) is 14.7. The van der Waals surface area contributed by atoms with E-state index in [2.05, 4.69) is 20.5 Å². The summed E-state index contributed by atoms with van der Waals surface area (Å²) in [5, 5.41) is 6.78. The zero-order valence-corrected chi connectivity index (χ0v) is 12.8. The Balaban J connectivity index is 1.63. The number of hydrogen-bond acceptors (Lipinski definition) is 4. The highest BCUT2D eigenvalue weighted by Gasteiger charge is 2.35. The van der Waals surface area contributed by atoms with Gasteiger partial charge in [-0.05, 0) is 57.5 Å². The first-order valence-corrected chi connectivity index (χ1v) is 8.01. The van der Waals surface area contributed by atoms with E-state index in [1.165, 1.54) is 0 Å². The average Bonchev–Trinajstić information content (AvgIpc) is 3.00. The molecule has 3 heterocycles. The van der Waals surface area contributed by atoms with Crippen LogP contribution in [0.1, 0.15) is 25.7 Å². The molecule has 1 unspecified atom stereocenters. The number of anilines is 1. The molecule has 21 heavy (non-hydrogen) atoms. The lowest BCUT2D eigenvalue weighted by Crippen LogP contribution is -2.49. The Morgan fingerprint density at radius 1 is 1.33 bits per heavy atom. The molecule has 2 aliphatic rings. The first kappa shape index (κ1) is 14.8. The third kappa shape index (κ3) is 3.54. The number of hydrogen-bond donors (Lipinski definition) is 2. The van der Waals surface area contributed by atoms with Crippen LogP contribution in [0.3, 0.4) is 0 Å². The number of amides is 1. The van der Waals surface area contributed by atoms with E-state index < -0.39 is 0 Å². The molecule has 0 saturated carbocycles. The van der Waals surface area contributed by atoms with Crippen LogP contribution in [0, 0.1) is 0 Å². The molecular formula is C15H21ClN4O. The second-order valence-electron chi connectivity index (χ2n) is 5.74. The number of carbonyl (C=O) groups is 1. The molecule has 0 spiro atoms. The predicted octanol–water partition coefficient (Wildman–Crippen LogP) is 1.89. The summed E-state index contributed by atoms with van der Waals surface area (Å²) in [5.74, 6) is 0.0788. The molecule has 1 aromatic heterocycles. The molecule has 3 rings (SSSR count). The predicted molar refractivity (Wildman–Crippen MR) is 83.5 cm³/mol. The van der Waals surface area contributed by atoms with E-state index in [0.717, 1.165) is 45.3 Å². The van der Waals surface area contributed by atoms with Gasteiger partial charge in [-0.2, -0.15) is 0 Å². The number of likely N-dealkylation sites (tertiary alicyclic amines) is 1. The topological polar surface area (TPSA) is 57.3 Å². The van der Waals surface area contributed by atoms with E-state index in [1.54, 1.807) is 18.3 Å².